The van der Waals surface area contributed by atoms with E-state index in [-0.39, 0.29) is 18.7 Å². The van der Waals surface area contributed by atoms with Crippen LogP contribution in [0.2, 0.25) is 0 Å². The smallest absolute Gasteiger partial charge is 0.238 e. The number of hydrogen-bond acceptors (Lipinski definition) is 3. The molecule has 1 aromatic carbocycles. The van der Waals surface area contributed by atoms with Crippen LogP contribution in [0, 0.1) is 22.9 Å². The van der Waals surface area contributed by atoms with E-state index in [1.54, 1.807) is 13.8 Å². The van der Waals surface area contributed by atoms with E-state index in [4.69, 9.17) is 10.9 Å². The van der Waals surface area contributed by atoms with Crippen LogP contribution in [-0.2, 0) is 4.79 Å². The molecule has 0 heterocycles. The topological polar surface area (TPSA) is 87.7 Å². The molecule has 0 fully saturated rings. The maximum Gasteiger partial charge on any atom is 0.238 e. The summed E-state index contributed by atoms with van der Waals surface area (Å²) in [5.74, 6) is -4.89. The van der Waals surface area contributed by atoms with Crippen LogP contribution in [0.15, 0.2) is 17.3 Å². The van der Waals surface area contributed by atoms with Gasteiger partial charge in [0.2, 0.25) is 5.91 Å². The van der Waals surface area contributed by atoms with Gasteiger partial charge in [0.25, 0.3) is 0 Å². The monoisotopic (exact) mass is 303 g/mol. The molecule has 1 rings (SSSR count). The van der Waals surface area contributed by atoms with Crippen molar-refractivity contribution < 1.29 is 23.2 Å². The Balaban J connectivity index is 3.17. The first kappa shape index (κ1) is 16.8. The Labute approximate surface area is 119 Å². The lowest BCUT2D eigenvalue weighted by Gasteiger charge is -2.28. The van der Waals surface area contributed by atoms with Crippen molar-refractivity contribution in [1.82, 2.24) is 0 Å². The van der Waals surface area contributed by atoms with Crippen molar-refractivity contribution in [2.45, 2.75) is 26.7 Å². The molecule has 0 unspecified atom stereocenters. The number of amides is 1. The average Bonchev–Trinajstić information content (AvgIpc) is 2.46. The summed E-state index contributed by atoms with van der Waals surface area (Å²) in [6.45, 7) is 3.26. The Morgan fingerprint density at radius 2 is 1.76 bits per heavy atom. The van der Waals surface area contributed by atoms with Gasteiger partial charge < -0.3 is 16.3 Å². The van der Waals surface area contributed by atoms with Crippen molar-refractivity contribution in [2.75, 3.05) is 5.32 Å². The van der Waals surface area contributed by atoms with Gasteiger partial charge in [0, 0.05) is 12.1 Å². The SMILES string of the molecule is CCC(CC)(C(=O)Nc1cc(F)c(F)cc1F)C(N)=NO. The summed E-state index contributed by atoms with van der Waals surface area (Å²) in [5.41, 5.74) is 3.64. The van der Waals surface area contributed by atoms with Gasteiger partial charge in [0.1, 0.15) is 11.2 Å². The third kappa shape index (κ3) is 3.09. The van der Waals surface area contributed by atoms with Crippen LogP contribution in [0.3, 0.4) is 0 Å². The van der Waals surface area contributed by atoms with Crippen LogP contribution >= 0.6 is 0 Å². The first-order chi connectivity index (χ1) is 9.82. The van der Waals surface area contributed by atoms with Gasteiger partial charge in [0.15, 0.2) is 17.5 Å². The van der Waals surface area contributed by atoms with Crippen molar-refractivity contribution in [1.29, 1.82) is 0 Å². The van der Waals surface area contributed by atoms with Crippen molar-refractivity contribution in [3.63, 3.8) is 0 Å². The van der Waals surface area contributed by atoms with Crippen LogP contribution in [0.4, 0.5) is 18.9 Å². The van der Waals surface area contributed by atoms with E-state index in [0.29, 0.717) is 12.1 Å². The summed E-state index contributed by atoms with van der Waals surface area (Å²) in [7, 11) is 0. The van der Waals surface area contributed by atoms with Gasteiger partial charge in [-0.05, 0) is 12.8 Å². The van der Waals surface area contributed by atoms with Gasteiger partial charge in [-0.1, -0.05) is 19.0 Å². The average molecular weight is 303 g/mol. The minimum absolute atomic E-state index is 0.177. The molecule has 0 saturated carbocycles. The minimum atomic E-state index is -1.37. The van der Waals surface area contributed by atoms with Crippen LogP contribution in [-0.4, -0.2) is 17.0 Å². The zero-order valence-electron chi connectivity index (χ0n) is 11.6. The summed E-state index contributed by atoms with van der Waals surface area (Å²) >= 11 is 0. The Kier molecular flexibility index (Phi) is 5.17. The molecule has 0 radical (unpaired) electrons. The number of rotatable bonds is 5. The summed E-state index contributed by atoms with van der Waals surface area (Å²) in [5, 5.41) is 13.8. The Morgan fingerprint density at radius 3 is 2.24 bits per heavy atom. The third-order valence-corrected chi connectivity index (χ3v) is 3.50. The highest BCUT2D eigenvalue weighted by molar-refractivity contribution is 6.11. The summed E-state index contributed by atoms with van der Waals surface area (Å²) in [6, 6.07) is 0.860. The molecule has 116 valence electrons. The lowest BCUT2D eigenvalue weighted by atomic mass is 9.80. The first-order valence-corrected chi connectivity index (χ1v) is 6.26. The van der Waals surface area contributed by atoms with Gasteiger partial charge in [-0.15, -0.1) is 0 Å². The number of amidine groups is 1. The van der Waals surface area contributed by atoms with Gasteiger partial charge >= 0.3 is 0 Å². The Hall–Kier alpha value is -2.25. The Morgan fingerprint density at radius 1 is 1.24 bits per heavy atom. The first-order valence-electron chi connectivity index (χ1n) is 6.26. The number of hydrogen-bond donors (Lipinski definition) is 3. The molecule has 8 heteroatoms. The molecule has 0 spiro atoms. The van der Waals surface area contributed by atoms with Crippen LogP contribution < -0.4 is 11.1 Å². The van der Waals surface area contributed by atoms with Gasteiger partial charge in [-0.25, -0.2) is 13.2 Å². The molecule has 0 aliphatic rings. The quantitative estimate of drug-likeness (QED) is 0.257. The molecule has 5 nitrogen and oxygen atoms in total. The van der Waals surface area contributed by atoms with Crippen LogP contribution in [0.25, 0.3) is 0 Å². The standard InChI is InChI=1S/C13H16F3N3O2/c1-3-13(4-2,11(17)19-21)12(20)18-10-6-8(15)7(14)5-9(10)16/h5-6,21H,3-4H2,1-2H3,(H2,17,19)(H,18,20). The van der Waals surface area contributed by atoms with Crippen LogP contribution in [0.5, 0.6) is 0 Å². The second-order valence-corrected chi connectivity index (χ2v) is 4.47. The zero-order valence-corrected chi connectivity index (χ0v) is 11.6. The molecule has 0 bridgehead atoms. The highest BCUT2D eigenvalue weighted by Crippen LogP contribution is 2.29. The largest absolute Gasteiger partial charge is 0.409 e. The summed E-state index contributed by atoms with van der Waals surface area (Å²) < 4.78 is 39.5. The fraction of sp³-hybridized carbons (Fsp3) is 0.385. The number of oxime groups is 1. The Bertz CT molecular complexity index is 572. The summed E-state index contributed by atoms with van der Waals surface area (Å²) in [6.07, 6.45) is 0.354. The van der Waals surface area contributed by atoms with E-state index >= 15 is 0 Å². The number of halogens is 3. The molecular weight excluding hydrogens is 287 g/mol. The number of anilines is 1. The number of carbonyl (C=O) groups is 1. The van der Waals surface area contributed by atoms with Gasteiger partial charge in [-0.2, -0.15) is 0 Å². The summed E-state index contributed by atoms with van der Waals surface area (Å²) in [4.78, 5) is 12.3. The van der Waals surface area contributed by atoms with Crippen LogP contribution in [0.1, 0.15) is 26.7 Å². The number of carbonyl (C=O) groups excluding carboxylic acids is 1. The molecule has 1 amide bonds. The van der Waals surface area contributed by atoms with E-state index in [2.05, 4.69) is 10.5 Å². The molecule has 4 N–H and O–H groups in total. The van der Waals surface area contributed by atoms with E-state index in [9.17, 15) is 18.0 Å². The van der Waals surface area contributed by atoms with Gasteiger partial charge in [-0.3, -0.25) is 4.79 Å². The van der Waals surface area contributed by atoms with Gasteiger partial charge in [0.05, 0.1) is 5.69 Å². The third-order valence-electron chi connectivity index (χ3n) is 3.50. The highest BCUT2D eigenvalue weighted by Gasteiger charge is 2.40. The molecule has 1 aromatic rings. The molecule has 0 aromatic heterocycles. The normalized spacial score (nSPS) is 12.3. The second-order valence-electron chi connectivity index (χ2n) is 4.47. The molecule has 0 saturated heterocycles. The van der Waals surface area contributed by atoms with E-state index in [0.717, 1.165) is 0 Å². The minimum Gasteiger partial charge on any atom is -0.409 e. The van der Waals surface area contributed by atoms with Crippen molar-refractivity contribution >= 4 is 17.4 Å². The molecule has 0 aliphatic heterocycles. The van der Waals surface area contributed by atoms with Crippen molar-refractivity contribution in [3.05, 3.63) is 29.6 Å². The van der Waals surface area contributed by atoms with E-state index in [1.807, 2.05) is 0 Å². The number of nitrogens with one attached hydrogen (secondary N) is 1. The van der Waals surface area contributed by atoms with Crippen molar-refractivity contribution in [2.24, 2.45) is 16.3 Å². The maximum atomic E-state index is 13.5. The zero-order chi connectivity index (χ0) is 16.2. The van der Waals surface area contributed by atoms with E-state index in [1.165, 1.54) is 0 Å². The fourth-order valence-corrected chi connectivity index (χ4v) is 2.01. The predicted molar refractivity (Wildman–Crippen MR) is 71.4 cm³/mol. The molecule has 21 heavy (non-hydrogen) atoms. The lowest BCUT2D eigenvalue weighted by Crippen LogP contribution is -2.46. The predicted octanol–water partition coefficient (Wildman–Crippen LogP) is 2.60. The molecular formula is C13H16F3N3O2. The number of nitrogens with zero attached hydrogens (tertiary/aromatic N) is 1. The van der Waals surface area contributed by atoms with Crippen molar-refractivity contribution in [3.8, 4) is 0 Å². The lowest BCUT2D eigenvalue weighted by molar-refractivity contribution is -0.122. The number of nitrogens with two attached hydrogens (primary N) is 1. The number of benzene rings is 1. The van der Waals surface area contributed by atoms with E-state index < -0.39 is 34.5 Å². The maximum absolute atomic E-state index is 13.5. The fourth-order valence-electron chi connectivity index (χ4n) is 2.01. The highest BCUT2D eigenvalue weighted by atomic mass is 19.2. The molecule has 0 aliphatic carbocycles. The molecule has 0 atom stereocenters. The second kappa shape index (κ2) is 6.47.